The summed E-state index contributed by atoms with van der Waals surface area (Å²) in [4.78, 5) is 30.0. The first-order chi connectivity index (χ1) is 18.0. The number of allylic oxidation sites excluding steroid dienone is 2. The van der Waals surface area contributed by atoms with Gasteiger partial charge in [0, 0.05) is 5.57 Å². The highest BCUT2D eigenvalue weighted by Gasteiger charge is 2.64. The van der Waals surface area contributed by atoms with E-state index in [1.807, 2.05) is 0 Å². The molecular formula is C23H20Cl2F7N3O3S. The number of nitrogens with zero attached hydrogens (tertiary/aromatic N) is 1. The Bertz CT molecular complexity index is 1260. The van der Waals surface area contributed by atoms with Crippen LogP contribution in [0.2, 0.25) is 0 Å². The van der Waals surface area contributed by atoms with E-state index in [9.17, 15) is 40.3 Å². The normalized spacial score (nSPS) is 26.8. The molecule has 1 aromatic rings. The summed E-state index contributed by atoms with van der Waals surface area (Å²) in [5.74, 6) is -1.81. The number of alkyl halides is 9. The molecule has 0 saturated heterocycles. The van der Waals surface area contributed by atoms with E-state index in [0.717, 1.165) is 23.5 Å². The number of carbonyl (C=O) groups is 2. The summed E-state index contributed by atoms with van der Waals surface area (Å²) >= 11 is 12.3. The van der Waals surface area contributed by atoms with Crippen LogP contribution in [0.1, 0.15) is 44.9 Å². The summed E-state index contributed by atoms with van der Waals surface area (Å²) in [6.07, 6.45) is -5.74. The molecule has 3 aliphatic rings. The van der Waals surface area contributed by atoms with Gasteiger partial charge in [0.15, 0.2) is 0 Å². The van der Waals surface area contributed by atoms with Crippen LogP contribution in [0, 0.1) is 0 Å². The van der Waals surface area contributed by atoms with Crippen LogP contribution in [0.25, 0.3) is 0 Å². The zero-order valence-corrected chi connectivity index (χ0v) is 22.1. The number of halogens is 9. The largest absolute Gasteiger partial charge is 0.435 e. The van der Waals surface area contributed by atoms with Crippen molar-refractivity contribution in [1.29, 1.82) is 0 Å². The number of hydrogen-bond donors (Lipinski definition) is 2. The Morgan fingerprint density at radius 2 is 1.79 bits per heavy atom. The predicted octanol–water partition coefficient (Wildman–Crippen LogP) is 5.47. The second kappa shape index (κ2) is 10.6. The van der Waals surface area contributed by atoms with Gasteiger partial charge in [-0.1, -0.05) is 28.9 Å². The van der Waals surface area contributed by atoms with Crippen molar-refractivity contribution in [3.63, 3.8) is 0 Å². The molecule has 2 aliphatic carbocycles. The van der Waals surface area contributed by atoms with E-state index >= 15 is 0 Å². The summed E-state index contributed by atoms with van der Waals surface area (Å²) in [6.45, 7) is -2.29. The number of rotatable bonds is 6. The minimum absolute atomic E-state index is 0.0826. The van der Waals surface area contributed by atoms with Crippen molar-refractivity contribution >= 4 is 52.1 Å². The van der Waals surface area contributed by atoms with Crippen LogP contribution in [0.5, 0.6) is 0 Å². The third-order valence-corrected chi connectivity index (χ3v) is 8.65. The third kappa shape index (κ3) is 6.07. The molecule has 214 valence electrons. The Morgan fingerprint density at radius 3 is 2.41 bits per heavy atom. The van der Waals surface area contributed by atoms with Crippen LogP contribution < -0.4 is 10.6 Å². The average Bonchev–Trinajstić information content (AvgIpc) is 3.45. The van der Waals surface area contributed by atoms with Gasteiger partial charge >= 0.3 is 12.4 Å². The van der Waals surface area contributed by atoms with Crippen molar-refractivity contribution < 1.29 is 45.2 Å². The van der Waals surface area contributed by atoms with Gasteiger partial charge in [-0.15, -0.1) is 22.9 Å². The Morgan fingerprint density at radius 1 is 1.13 bits per heavy atom. The molecule has 1 aliphatic heterocycles. The highest BCUT2D eigenvalue weighted by atomic mass is 35.5. The zero-order chi connectivity index (χ0) is 28.8. The van der Waals surface area contributed by atoms with Crippen LogP contribution in [0.3, 0.4) is 0 Å². The fourth-order valence-corrected chi connectivity index (χ4v) is 6.09. The zero-order valence-electron chi connectivity index (χ0n) is 19.7. The number of fused-ring (bicyclic) bond motifs is 1. The molecule has 3 unspecified atom stereocenters. The molecule has 16 heteroatoms. The Labute approximate surface area is 231 Å². The Hall–Kier alpha value is -2.32. The summed E-state index contributed by atoms with van der Waals surface area (Å²) < 4.78 is 94.2. The van der Waals surface area contributed by atoms with E-state index in [0.29, 0.717) is 47.8 Å². The highest BCUT2D eigenvalue weighted by Crippen LogP contribution is 2.50. The molecule has 0 aromatic carbocycles. The third-order valence-electron chi connectivity index (χ3n) is 6.41. The van der Waals surface area contributed by atoms with Gasteiger partial charge in [-0.3, -0.25) is 9.59 Å². The number of nitrogens with one attached hydrogen (secondary N) is 2. The maximum Gasteiger partial charge on any atom is 0.435 e. The van der Waals surface area contributed by atoms with E-state index in [-0.39, 0.29) is 10.6 Å². The first-order valence-corrected chi connectivity index (χ1v) is 13.2. The maximum atomic E-state index is 14.4. The topological polar surface area (TPSA) is 79.8 Å². The van der Waals surface area contributed by atoms with Crippen LogP contribution in [0.4, 0.5) is 30.7 Å². The lowest BCUT2D eigenvalue weighted by atomic mass is 9.83. The maximum absolute atomic E-state index is 14.4. The molecule has 0 bridgehead atoms. The number of amides is 2. The fraction of sp³-hybridized carbons (Fsp3) is 0.522. The number of hydrogen-bond acceptors (Lipinski definition) is 5. The van der Waals surface area contributed by atoms with Gasteiger partial charge in [0.2, 0.25) is 11.0 Å². The smallest absolute Gasteiger partial charge is 0.374 e. The van der Waals surface area contributed by atoms with Gasteiger partial charge in [0.1, 0.15) is 17.6 Å². The van der Waals surface area contributed by atoms with Crippen LogP contribution >= 0.6 is 34.5 Å². The Balaban J connectivity index is 1.58. The van der Waals surface area contributed by atoms with Gasteiger partial charge in [0.05, 0.1) is 22.7 Å². The van der Waals surface area contributed by atoms with Gasteiger partial charge < -0.3 is 15.5 Å². The van der Waals surface area contributed by atoms with Crippen molar-refractivity contribution in [3.05, 3.63) is 44.7 Å². The lowest BCUT2D eigenvalue weighted by molar-refractivity contribution is -0.252. The van der Waals surface area contributed by atoms with Crippen molar-refractivity contribution in [1.82, 2.24) is 10.6 Å². The standard InChI is InChI=1S/C23H20Cl2F7N3O3S/c24-15-7-11(5-6-21(15,25)26)20(23(30,31)32)8-14(35-38-20)17-12-3-1-2-4-13(12)18(39-17)19(37)33-9-16(36)34-10-22(27,28)29/h5-7,15H,1-4,8-10H2,(H,33,37)(H,34,36). The van der Waals surface area contributed by atoms with Gasteiger partial charge in [0.25, 0.3) is 11.5 Å². The molecule has 2 heterocycles. The van der Waals surface area contributed by atoms with Gasteiger partial charge in [-0.05, 0) is 42.9 Å². The minimum atomic E-state index is -4.99. The molecule has 4 rings (SSSR count). The van der Waals surface area contributed by atoms with E-state index in [4.69, 9.17) is 28.0 Å². The number of thiophene rings is 1. The summed E-state index contributed by atoms with van der Waals surface area (Å²) in [6, 6.07) is 0. The highest BCUT2D eigenvalue weighted by molar-refractivity contribution is 7.16. The molecule has 0 spiro atoms. The van der Waals surface area contributed by atoms with Crippen molar-refractivity contribution in [3.8, 4) is 0 Å². The van der Waals surface area contributed by atoms with Crippen molar-refractivity contribution in [2.24, 2.45) is 5.16 Å². The van der Waals surface area contributed by atoms with E-state index in [1.165, 1.54) is 0 Å². The lowest BCUT2D eigenvalue weighted by Crippen LogP contribution is -2.48. The summed E-state index contributed by atoms with van der Waals surface area (Å²) in [5, 5.41) is 3.42. The van der Waals surface area contributed by atoms with Crippen LogP contribution in [-0.2, 0) is 22.5 Å². The molecule has 0 fully saturated rings. The summed E-state index contributed by atoms with van der Waals surface area (Å²) in [7, 11) is 0. The molecule has 39 heavy (non-hydrogen) atoms. The fourth-order valence-electron chi connectivity index (χ4n) is 4.46. The predicted molar refractivity (Wildman–Crippen MR) is 130 cm³/mol. The van der Waals surface area contributed by atoms with Gasteiger partial charge in [-0.25, -0.2) is 4.39 Å². The molecular weight excluding hydrogens is 602 g/mol. The van der Waals surface area contributed by atoms with Crippen molar-refractivity contribution in [2.75, 3.05) is 13.1 Å². The second-order valence-electron chi connectivity index (χ2n) is 9.16. The second-order valence-corrected chi connectivity index (χ2v) is 11.2. The van der Waals surface area contributed by atoms with E-state index in [2.05, 4.69) is 10.5 Å². The number of oxime groups is 1. The van der Waals surface area contributed by atoms with Gasteiger partial charge in [-0.2, -0.15) is 26.3 Å². The first kappa shape index (κ1) is 29.7. The first-order valence-electron chi connectivity index (χ1n) is 11.6. The Kier molecular flexibility index (Phi) is 8.05. The SMILES string of the molecule is O=C(CNC(=O)c1sc(C2=NOC(C3=CC(Cl)C(F)(Cl)C=C3)(C(F)(F)F)C2)c2c1CCCC2)NCC(F)(F)F. The quantitative estimate of drug-likeness (QED) is 0.327. The molecule has 2 N–H and O–H groups in total. The molecule has 0 saturated carbocycles. The number of carbonyl (C=O) groups excluding carboxylic acids is 2. The van der Waals surface area contributed by atoms with Crippen LogP contribution in [-0.4, -0.2) is 59.1 Å². The average molecular weight is 622 g/mol. The van der Waals surface area contributed by atoms with E-state index < -0.39 is 65.4 Å². The molecule has 1 aromatic heterocycles. The van der Waals surface area contributed by atoms with Crippen molar-refractivity contribution in [2.45, 2.75) is 60.6 Å². The minimum Gasteiger partial charge on any atom is -0.374 e. The molecule has 0 radical (unpaired) electrons. The molecule has 2 amide bonds. The van der Waals surface area contributed by atoms with Crippen LogP contribution in [0.15, 0.2) is 29.0 Å². The molecule has 3 atom stereocenters. The lowest BCUT2D eigenvalue weighted by Gasteiger charge is -2.33. The molecule has 6 nitrogen and oxygen atoms in total. The monoisotopic (exact) mass is 621 g/mol. The van der Waals surface area contributed by atoms with E-state index in [1.54, 1.807) is 5.32 Å². The summed E-state index contributed by atoms with van der Waals surface area (Å²) in [5.41, 5.74) is -2.34.